The number of carbonyl (C=O) groups is 1. The van der Waals surface area contributed by atoms with Gasteiger partial charge in [-0.2, -0.15) is 0 Å². The van der Waals surface area contributed by atoms with E-state index >= 15 is 0 Å². The lowest BCUT2D eigenvalue weighted by Crippen LogP contribution is -2.23. The molecule has 0 heterocycles. The fraction of sp³-hybridized carbons (Fsp3) is 0.316. The number of hydrogen-bond acceptors (Lipinski definition) is 3. The highest BCUT2D eigenvalue weighted by Gasteiger charge is 2.18. The monoisotopic (exact) mass is 310 g/mol. The molecule has 4 heteroatoms. The normalized spacial score (nSPS) is 14.6. The van der Waals surface area contributed by atoms with E-state index < -0.39 is 0 Å². The minimum atomic E-state index is -0.110. The summed E-state index contributed by atoms with van der Waals surface area (Å²) in [5.41, 5.74) is 7.90. The average molecular weight is 310 g/mol. The number of nitrogens with one attached hydrogen (secondary N) is 1. The molecule has 1 saturated carbocycles. The van der Waals surface area contributed by atoms with Crippen molar-refractivity contribution < 1.29 is 9.53 Å². The van der Waals surface area contributed by atoms with E-state index in [0.29, 0.717) is 23.9 Å². The molecule has 3 rings (SSSR count). The third-order valence-corrected chi connectivity index (χ3v) is 4.18. The molecular formula is C19H22N2O2. The standard InChI is InChI=1S/C19H22N2O2/c20-16-11-9-14(10-12-16)19(22)21-13-15-5-1-4-8-18(15)23-17-6-2-3-7-17/h1,4-5,8-12,17H,2-3,6-7,13,20H2,(H,21,22). The summed E-state index contributed by atoms with van der Waals surface area (Å²) in [5.74, 6) is 0.762. The number of benzene rings is 2. The van der Waals surface area contributed by atoms with Crippen molar-refractivity contribution in [2.24, 2.45) is 0 Å². The van der Waals surface area contributed by atoms with Gasteiger partial charge in [-0.15, -0.1) is 0 Å². The van der Waals surface area contributed by atoms with Crippen LogP contribution in [0, 0.1) is 0 Å². The van der Waals surface area contributed by atoms with Gasteiger partial charge < -0.3 is 15.8 Å². The van der Waals surface area contributed by atoms with Crippen molar-refractivity contribution in [3.8, 4) is 5.75 Å². The van der Waals surface area contributed by atoms with E-state index in [9.17, 15) is 4.79 Å². The Morgan fingerprint density at radius 1 is 1.09 bits per heavy atom. The third-order valence-electron chi connectivity index (χ3n) is 4.18. The second-order valence-corrected chi connectivity index (χ2v) is 5.94. The molecule has 0 spiro atoms. The molecule has 0 saturated heterocycles. The number of hydrogen-bond donors (Lipinski definition) is 2. The Kier molecular flexibility index (Phi) is 4.81. The molecule has 4 nitrogen and oxygen atoms in total. The quantitative estimate of drug-likeness (QED) is 0.831. The highest BCUT2D eigenvalue weighted by molar-refractivity contribution is 5.94. The summed E-state index contributed by atoms with van der Waals surface area (Å²) in [6, 6.07) is 14.8. The van der Waals surface area contributed by atoms with E-state index in [0.717, 1.165) is 24.2 Å². The summed E-state index contributed by atoms with van der Waals surface area (Å²) in [6.45, 7) is 0.450. The topological polar surface area (TPSA) is 64.4 Å². The Bertz CT molecular complexity index is 661. The smallest absolute Gasteiger partial charge is 0.251 e. The van der Waals surface area contributed by atoms with E-state index in [1.54, 1.807) is 24.3 Å². The van der Waals surface area contributed by atoms with Crippen molar-refractivity contribution in [1.82, 2.24) is 5.32 Å². The van der Waals surface area contributed by atoms with Crippen LogP contribution >= 0.6 is 0 Å². The fourth-order valence-corrected chi connectivity index (χ4v) is 2.86. The van der Waals surface area contributed by atoms with Crippen molar-refractivity contribution >= 4 is 11.6 Å². The number of amides is 1. The molecule has 1 amide bonds. The SMILES string of the molecule is Nc1ccc(C(=O)NCc2ccccc2OC2CCCC2)cc1. The van der Waals surface area contributed by atoms with Gasteiger partial charge in [0.2, 0.25) is 0 Å². The van der Waals surface area contributed by atoms with Crippen LogP contribution < -0.4 is 15.8 Å². The number of ether oxygens (including phenoxy) is 1. The first-order valence-electron chi connectivity index (χ1n) is 8.10. The van der Waals surface area contributed by atoms with Crippen LogP contribution in [-0.4, -0.2) is 12.0 Å². The minimum absolute atomic E-state index is 0.110. The molecular weight excluding hydrogens is 288 g/mol. The first-order chi connectivity index (χ1) is 11.2. The molecule has 0 bridgehead atoms. The van der Waals surface area contributed by atoms with Crippen LogP contribution in [0.4, 0.5) is 5.69 Å². The number of anilines is 1. The van der Waals surface area contributed by atoms with Gasteiger partial charge in [0.15, 0.2) is 0 Å². The largest absolute Gasteiger partial charge is 0.490 e. The maximum Gasteiger partial charge on any atom is 0.251 e. The number of nitrogens with two attached hydrogens (primary N) is 1. The van der Waals surface area contributed by atoms with Crippen molar-refractivity contribution in [3.05, 3.63) is 59.7 Å². The maximum absolute atomic E-state index is 12.2. The van der Waals surface area contributed by atoms with Crippen molar-refractivity contribution in [2.45, 2.75) is 38.3 Å². The van der Waals surface area contributed by atoms with Crippen LogP contribution in [0.15, 0.2) is 48.5 Å². The van der Waals surface area contributed by atoms with Crippen LogP contribution in [0.5, 0.6) is 5.75 Å². The molecule has 2 aromatic rings. The Morgan fingerprint density at radius 3 is 2.52 bits per heavy atom. The van der Waals surface area contributed by atoms with E-state index in [4.69, 9.17) is 10.5 Å². The van der Waals surface area contributed by atoms with E-state index in [1.807, 2.05) is 24.3 Å². The van der Waals surface area contributed by atoms with Gasteiger partial charge in [0.1, 0.15) is 5.75 Å². The molecule has 120 valence electrons. The van der Waals surface area contributed by atoms with Crippen LogP contribution in [0.3, 0.4) is 0 Å². The van der Waals surface area contributed by atoms with Crippen molar-refractivity contribution in [2.75, 3.05) is 5.73 Å². The van der Waals surface area contributed by atoms with Gasteiger partial charge in [0.25, 0.3) is 5.91 Å². The zero-order valence-electron chi connectivity index (χ0n) is 13.1. The Labute approximate surface area is 136 Å². The second kappa shape index (κ2) is 7.18. The Balaban J connectivity index is 1.63. The van der Waals surface area contributed by atoms with Gasteiger partial charge in [-0.25, -0.2) is 0 Å². The number of nitrogen functional groups attached to an aromatic ring is 1. The highest BCUT2D eigenvalue weighted by atomic mass is 16.5. The number of para-hydroxylation sites is 1. The van der Waals surface area contributed by atoms with Crippen molar-refractivity contribution in [1.29, 1.82) is 0 Å². The molecule has 1 fully saturated rings. The Morgan fingerprint density at radius 2 is 1.78 bits per heavy atom. The molecule has 0 aliphatic heterocycles. The maximum atomic E-state index is 12.2. The molecule has 23 heavy (non-hydrogen) atoms. The predicted octanol–water partition coefficient (Wildman–Crippen LogP) is 3.52. The van der Waals surface area contributed by atoms with Gasteiger partial charge >= 0.3 is 0 Å². The van der Waals surface area contributed by atoms with Crippen molar-refractivity contribution in [3.63, 3.8) is 0 Å². The fourth-order valence-electron chi connectivity index (χ4n) is 2.86. The Hall–Kier alpha value is -2.49. The number of carbonyl (C=O) groups excluding carboxylic acids is 1. The molecule has 0 radical (unpaired) electrons. The van der Waals surface area contributed by atoms with E-state index in [2.05, 4.69) is 5.32 Å². The van der Waals surface area contributed by atoms with Crippen LogP contribution in [0.1, 0.15) is 41.6 Å². The lowest BCUT2D eigenvalue weighted by atomic mass is 10.1. The lowest BCUT2D eigenvalue weighted by Gasteiger charge is -2.16. The summed E-state index contributed by atoms with van der Waals surface area (Å²) in [6.07, 6.45) is 5.02. The van der Waals surface area contributed by atoms with Gasteiger partial charge in [-0.1, -0.05) is 18.2 Å². The molecule has 0 atom stereocenters. The first-order valence-corrected chi connectivity index (χ1v) is 8.10. The van der Waals surface area contributed by atoms with Gasteiger partial charge in [-0.3, -0.25) is 4.79 Å². The van der Waals surface area contributed by atoms with Crippen LogP contribution in [-0.2, 0) is 6.54 Å². The average Bonchev–Trinajstić information content (AvgIpc) is 3.07. The molecule has 1 aliphatic carbocycles. The van der Waals surface area contributed by atoms with Crippen LogP contribution in [0.25, 0.3) is 0 Å². The third kappa shape index (κ3) is 4.03. The zero-order chi connectivity index (χ0) is 16.1. The molecule has 3 N–H and O–H groups in total. The summed E-state index contributed by atoms with van der Waals surface area (Å²) >= 11 is 0. The first kappa shape index (κ1) is 15.4. The summed E-state index contributed by atoms with van der Waals surface area (Å²) in [5, 5.41) is 2.94. The lowest BCUT2D eigenvalue weighted by molar-refractivity contribution is 0.0950. The minimum Gasteiger partial charge on any atom is -0.490 e. The molecule has 1 aliphatic rings. The summed E-state index contributed by atoms with van der Waals surface area (Å²) < 4.78 is 6.09. The van der Waals surface area contributed by atoms with Gasteiger partial charge in [0.05, 0.1) is 6.10 Å². The predicted molar refractivity (Wildman–Crippen MR) is 91.4 cm³/mol. The number of rotatable bonds is 5. The summed E-state index contributed by atoms with van der Waals surface area (Å²) in [4.78, 5) is 12.2. The van der Waals surface area contributed by atoms with Gasteiger partial charge in [-0.05, 0) is 56.0 Å². The summed E-state index contributed by atoms with van der Waals surface area (Å²) in [7, 11) is 0. The van der Waals surface area contributed by atoms with E-state index in [1.165, 1.54) is 12.8 Å². The zero-order valence-corrected chi connectivity index (χ0v) is 13.1. The van der Waals surface area contributed by atoms with E-state index in [-0.39, 0.29) is 5.91 Å². The molecule has 2 aromatic carbocycles. The highest BCUT2D eigenvalue weighted by Crippen LogP contribution is 2.26. The molecule has 0 aromatic heterocycles. The van der Waals surface area contributed by atoms with Crippen LogP contribution in [0.2, 0.25) is 0 Å². The second-order valence-electron chi connectivity index (χ2n) is 5.94. The molecule has 0 unspecified atom stereocenters. The van der Waals surface area contributed by atoms with Gasteiger partial charge in [0, 0.05) is 23.4 Å².